The van der Waals surface area contributed by atoms with Crippen LogP contribution in [0.1, 0.15) is 5.69 Å². The number of benzene rings is 2. The van der Waals surface area contributed by atoms with Crippen molar-refractivity contribution in [1.29, 1.82) is 0 Å². The molecular weight excluding hydrogens is 391 g/mol. The van der Waals surface area contributed by atoms with Crippen LogP contribution in [0.5, 0.6) is 0 Å². The van der Waals surface area contributed by atoms with Crippen LogP contribution in [-0.4, -0.2) is 16.9 Å². The molecule has 3 N–H and O–H groups in total. The highest BCUT2D eigenvalue weighted by atomic mass is 35.5. The summed E-state index contributed by atoms with van der Waals surface area (Å²) in [5.41, 5.74) is 1.57. The topological polar surface area (TPSA) is 83.1 Å². The van der Waals surface area contributed by atoms with Crippen molar-refractivity contribution < 1.29 is 14.0 Å². The lowest BCUT2D eigenvalue weighted by Gasteiger charge is -2.05. The summed E-state index contributed by atoms with van der Waals surface area (Å²) in [4.78, 5) is 28.2. The lowest BCUT2D eigenvalue weighted by atomic mass is 10.3. The largest absolute Gasteiger partial charge is 0.326 e. The molecule has 6 nitrogen and oxygen atoms in total. The molecule has 9 heteroatoms. The van der Waals surface area contributed by atoms with Crippen LogP contribution in [0.25, 0.3) is 0 Å². The molecule has 27 heavy (non-hydrogen) atoms. The number of rotatable bonds is 5. The van der Waals surface area contributed by atoms with Gasteiger partial charge in [-0.2, -0.15) is 0 Å². The molecule has 0 spiro atoms. The molecule has 0 aliphatic carbocycles. The number of aromatic nitrogens is 1. The number of anilines is 3. The van der Waals surface area contributed by atoms with Gasteiger partial charge >= 0.3 is 6.03 Å². The number of halogens is 2. The molecule has 2 aromatic carbocycles. The minimum absolute atomic E-state index is 0.0598. The summed E-state index contributed by atoms with van der Waals surface area (Å²) in [5, 5.41) is 10.4. The van der Waals surface area contributed by atoms with E-state index in [0.29, 0.717) is 27.2 Å². The first-order valence-electron chi connectivity index (χ1n) is 7.81. The lowest BCUT2D eigenvalue weighted by Crippen LogP contribution is -2.19. The van der Waals surface area contributed by atoms with E-state index in [1.165, 1.54) is 35.6 Å². The second kappa shape index (κ2) is 8.61. The summed E-state index contributed by atoms with van der Waals surface area (Å²) in [6, 6.07) is 11.7. The first-order chi connectivity index (χ1) is 13.0. The number of carbonyl (C=O) groups is 2. The summed E-state index contributed by atoms with van der Waals surface area (Å²) >= 11 is 7.08. The van der Waals surface area contributed by atoms with Gasteiger partial charge in [0.2, 0.25) is 5.91 Å². The van der Waals surface area contributed by atoms with E-state index in [-0.39, 0.29) is 18.1 Å². The number of urea groups is 1. The molecule has 1 heterocycles. The molecule has 0 saturated carbocycles. The Morgan fingerprint density at radius 2 is 1.81 bits per heavy atom. The Balaban J connectivity index is 1.52. The van der Waals surface area contributed by atoms with Crippen LogP contribution < -0.4 is 16.0 Å². The molecule has 0 bridgehead atoms. The smallest absolute Gasteiger partial charge is 0.325 e. The molecule has 3 amide bonds. The zero-order chi connectivity index (χ0) is 19.2. The Labute approximate surface area is 163 Å². The van der Waals surface area contributed by atoms with E-state index in [9.17, 15) is 14.0 Å². The summed E-state index contributed by atoms with van der Waals surface area (Å²) in [6.45, 7) is 0. The maximum absolute atomic E-state index is 12.9. The number of amides is 3. The summed E-state index contributed by atoms with van der Waals surface area (Å²) in [7, 11) is 0. The van der Waals surface area contributed by atoms with Gasteiger partial charge in [-0.25, -0.2) is 14.2 Å². The summed E-state index contributed by atoms with van der Waals surface area (Å²) in [5.74, 6) is -0.633. The molecule has 0 saturated heterocycles. The Kier molecular flexibility index (Phi) is 6.00. The van der Waals surface area contributed by atoms with Gasteiger partial charge in [0.1, 0.15) is 5.82 Å². The van der Waals surface area contributed by atoms with Crippen molar-refractivity contribution in [2.24, 2.45) is 0 Å². The fourth-order valence-electron chi connectivity index (χ4n) is 2.17. The van der Waals surface area contributed by atoms with Crippen molar-refractivity contribution in [3.05, 3.63) is 70.4 Å². The minimum atomic E-state index is -0.508. The van der Waals surface area contributed by atoms with Crippen molar-refractivity contribution in [3.63, 3.8) is 0 Å². The Morgan fingerprint density at radius 1 is 1.04 bits per heavy atom. The van der Waals surface area contributed by atoms with Crippen LogP contribution in [0.3, 0.4) is 0 Å². The molecular formula is C18H14ClFN4O2S. The first-order valence-corrected chi connectivity index (χ1v) is 9.07. The highest BCUT2D eigenvalue weighted by Crippen LogP contribution is 2.18. The Bertz CT molecular complexity index is 962. The minimum Gasteiger partial charge on any atom is -0.326 e. The molecule has 3 aromatic rings. The van der Waals surface area contributed by atoms with Crippen molar-refractivity contribution in [2.45, 2.75) is 6.42 Å². The molecule has 0 aliphatic heterocycles. The van der Waals surface area contributed by atoms with E-state index in [1.54, 1.807) is 29.6 Å². The molecule has 138 valence electrons. The number of hydrogen-bond acceptors (Lipinski definition) is 4. The van der Waals surface area contributed by atoms with E-state index in [0.717, 1.165) is 0 Å². The van der Waals surface area contributed by atoms with Crippen LogP contribution in [-0.2, 0) is 11.2 Å². The molecule has 3 rings (SSSR count). The zero-order valence-corrected chi connectivity index (χ0v) is 15.4. The van der Waals surface area contributed by atoms with Gasteiger partial charge in [0.25, 0.3) is 0 Å². The summed E-state index contributed by atoms with van der Waals surface area (Å²) < 4.78 is 12.9. The second-order valence-corrected chi connectivity index (χ2v) is 6.76. The van der Waals surface area contributed by atoms with Crippen molar-refractivity contribution >= 4 is 51.4 Å². The molecule has 0 unspecified atom stereocenters. The lowest BCUT2D eigenvalue weighted by molar-refractivity contribution is -0.115. The summed E-state index contributed by atoms with van der Waals surface area (Å²) in [6.07, 6.45) is 0.0598. The van der Waals surface area contributed by atoms with Gasteiger partial charge in [-0.1, -0.05) is 17.7 Å². The van der Waals surface area contributed by atoms with E-state index in [1.807, 2.05) is 0 Å². The van der Waals surface area contributed by atoms with Gasteiger partial charge in [-0.05, 0) is 42.5 Å². The molecule has 0 radical (unpaired) electrons. The number of nitrogens with zero attached hydrogens (tertiary/aromatic N) is 1. The molecule has 1 aromatic heterocycles. The van der Waals surface area contributed by atoms with Crippen LogP contribution >= 0.6 is 22.9 Å². The Hall–Kier alpha value is -2.97. The van der Waals surface area contributed by atoms with Gasteiger partial charge < -0.3 is 10.6 Å². The Morgan fingerprint density at radius 3 is 2.56 bits per heavy atom. The van der Waals surface area contributed by atoms with Crippen molar-refractivity contribution in [1.82, 2.24) is 4.98 Å². The highest BCUT2D eigenvalue weighted by Gasteiger charge is 2.10. The van der Waals surface area contributed by atoms with Gasteiger partial charge in [0.15, 0.2) is 5.13 Å². The monoisotopic (exact) mass is 404 g/mol. The number of carbonyl (C=O) groups excluding carboxylic acids is 2. The SMILES string of the molecule is O=C(Cc1csc(NC(=O)Nc2ccc(F)cc2)n1)Nc1cccc(Cl)c1. The van der Waals surface area contributed by atoms with Crippen LogP contribution in [0, 0.1) is 5.82 Å². The van der Waals surface area contributed by atoms with Crippen LogP contribution in [0.15, 0.2) is 53.9 Å². The van der Waals surface area contributed by atoms with Gasteiger partial charge in [-0.3, -0.25) is 10.1 Å². The van der Waals surface area contributed by atoms with Crippen LogP contribution in [0.2, 0.25) is 5.02 Å². The third-order valence-electron chi connectivity index (χ3n) is 3.32. The molecule has 0 atom stereocenters. The number of nitrogens with one attached hydrogen (secondary N) is 3. The standard InChI is InChI=1S/C18H14ClFN4O2S/c19-11-2-1-3-14(8-11)21-16(25)9-15-10-27-18(23-15)24-17(26)22-13-6-4-12(20)5-7-13/h1-8,10H,9H2,(H,21,25)(H2,22,23,24,26). The van der Waals surface area contributed by atoms with E-state index in [4.69, 9.17) is 11.6 Å². The number of hydrogen-bond donors (Lipinski definition) is 3. The highest BCUT2D eigenvalue weighted by molar-refractivity contribution is 7.14. The first kappa shape index (κ1) is 18.8. The predicted octanol–water partition coefficient (Wildman–Crippen LogP) is 4.76. The quantitative estimate of drug-likeness (QED) is 0.573. The fourth-order valence-corrected chi connectivity index (χ4v) is 3.07. The maximum Gasteiger partial charge on any atom is 0.325 e. The normalized spacial score (nSPS) is 10.3. The fraction of sp³-hybridized carbons (Fsp3) is 0.0556. The van der Waals surface area contributed by atoms with Gasteiger partial charge in [-0.15, -0.1) is 11.3 Å². The van der Waals surface area contributed by atoms with E-state index < -0.39 is 6.03 Å². The second-order valence-electron chi connectivity index (χ2n) is 5.47. The van der Waals surface area contributed by atoms with E-state index >= 15 is 0 Å². The maximum atomic E-state index is 12.9. The van der Waals surface area contributed by atoms with Gasteiger partial charge in [0.05, 0.1) is 12.1 Å². The molecule has 0 aliphatic rings. The number of thiazole rings is 1. The van der Waals surface area contributed by atoms with Crippen LogP contribution in [0.4, 0.5) is 25.7 Å². The third-order valence-corrected chi connectivity index (χ3v) is 4.37. The average Bonchev–Trinajstić information content (AvgIpc) is 3.03. The third kappa shape index (κ3) is 5.77. The van der Waals surface area contributed by atoms with Gasteiger partial charge in [0, 0.05) is 21.8 Å². The molecule has 0 fully saturated rings. The van der Waals surface area contributed by atoms with E-state index in [2.05, 4.69) is 20.9 Å². The zero-order valence-electron chi connectivity index (χ0n) is 13.8. The van der Waals surface area contributed by atoms with Crippen molar-refractivity contribution in [2.75, 3.05) is 16.0 Å². The predicted molar refractivity (Wildman–Crippen MR) is 105 cm³/mol. The average molecular weight is 405 g/mol. The van der Waals surface area contributed by atoms with Crippen molar-refractivity contribution in [3.8, 4) is 0 Å².